The first-order valence-corrected chi connectivity index (χ1v) is 17.1. The topological polar surface area (TPSA) is 230 Å². The van der Waals surface area contributed by atoms with E-state index < -0.39 is 24.1 Å². The number of aliphatic hydroxyl groups excluding tert-OH is 1. The molecule has 1 unspecified atom stereocenters. The highest BCUT2D eigenvalue weighted by molar-refractivity contribution is 6.33. The monoisotopic (exact) mass is 740 g/mol. The van der Waals surface area contributed by atoms with Crippen molar-refractivity contribution in [3.63, 3.8) is 0 Å². The number of allylic oxidation sites excluding steroid dienone is 2. The highest BCUT2D eigenvalue weighted by atomic mass is 35.5. The number of methoxy groups -OCH3 is 2. The lowest BCUT2D eigenvalue weighted by Gasteiger charge is -2.43. The molecule has 0 bridgehead atoms. The summed E-state index contributed by atoms with van der Waals surface area (Å²) in [5.41, 5.74) is 14.5. The number of piperidine rings is 1. The van der Waals surface area contributed by atoms with Crippen LogP contribution in [0.3, 0.4) is 0 Å². The van der Waals surface area contributed by atoms with E-state index in [2.05, 4.69) is 17.5 Å². The van der Waals surface area contributed by atoms with Crippen LogP contribution < -0.4 is 26.3 Å². The van der Waals surface area contributed by atoms with Gasteiger partial charge in [-0.2, -0.15) is 5.10 Å². The summed E-state index contributed by atoms with van der Waals surface area (Å²) in [6, 6.07) is 8.27. The Labute approximate surface area is 306 Å². The Morgan fingerprint density at radius 1 is 1.00 bits per heavy atom. The average molecular weight is 741 g/mol. The van der Waals surface area contributed by atoms with Gasteiger partial charge in [0.15, 0.2) is 11.5 Å². The number of hydrogen-bond donors (Lipinski definition) is 6. The van der Waals surface area contributed by atoms with E-state index in [1.807, 2.05) is 18.2 Å². The minimum Gasteiger partial charge on any atom is -0.493 e. The van der Waals surface area contributed by atoms with Gasteiger partial charge in [0.2, 0.25) is 11.8 Å². The van der Waals surface area contributed by atoms with Crippen molar-refractivity contribution in [2.45, 2.75) is 50.8 Å². The van der Waals surface area contributed by atoms with Crippen LogP contribution >= 0.6 is 11.6 Å². The Bertz CT molecular complexity index is 1700. The van der Waals surface area contributed by atoms with Gasteiger partial charge in [-0.15, -0.1) is 0 Å². The van der Waals surface area contributed by atoms with Crippen molar-refractivity contribution in [1.29, 1.82) is 0 Å². The molecule has 2 aromatic carbocycles. The molecule has 2 amide bonds. The number of carbonyl (C=O) groups is 4. The first kappa shape index (κ1) is 39.7. The third-order valence-corrected chi connectivity index (χ3v) is 9.58. The standard InChI is InChI=1S/C32H41ClN6O5.C4H4O4/c1-18(36-17-26(40)20-14-24(33)29(35)25(34)15-20)31(41)38-12-10-21(11-13-38)39-32(42)23-7-5-4-6-22(23)30(37-39)19-8-9-27(43-2)28(16-19)44-3;5-3(6)1-2-4(7)8/h4-5,8-9,14-16,18,21-23,26,36,40H,6-7,10-13,17,34-35H2,1-3H3;1-2H,(H,5,6)(H,7,8)/t18-,22-,23+,26?;/m0./s1. The number of halogens is 1. The van der Waals surface area contributed by atoms with Crippen LogP contribution in [0.25, 0.3) is 0 Å². The lowest BCUT2D eigenvalue weighted by Crippen LogP contribution is -2.54. The van der Waals surface area contributed by atoms with E-state index in [1.165, 1.54) is 0 Å². The van der Waals surface area contributed by atoms with Crippen molar-refractivity contribution in [2.24, 2.45) is 16.9 Å². The number of nitrogens with zero attached hydrogens (tertiary/aromatic N) is 3. The zero-order chi connectivity index (χ0) is 38.1. The molecule has 0 aromatic heterocycles. The fourth-order valence-corrected chi connectivity index (χ4v) is 6.66. The van der Waals surface area contributed by atoms with Gasteiger partial charge in [0.25, 0.3) is 0 Å². The number of hydrazone groups is 1. The Balaban J connectivity index is 0.000000677. The van der Waals surface area contributed by atoms with Crippen LogP contribution in [0.5, 0.6) is 11.5 Å². The maximum atomic E-state index is 13.7. The Morgan fingerprint density at radius 2 is 1.62 bits per heavy atom. The predicted molar refractivity (Wildman–Crippen MR) is 195 cm³/mol. The fourth-order valence-electron chi connectivity index (χ4n) is 6.42. The van der Waals surface area contributed by atoms with E-state index >= 15 is 0 Å². The van der Waals surface area contributed by atoms with Crippen molar-refractivity contribution < 1.29 is 44.0 Å². The van der Waals surface area contributed by atoms with Crippen molar-refractivity contribution >= 4 is 52.4 Å². The molecule has 0 saturated carbocycles. The molecular weight excluding hydrogens is 696 g/mol. The van der Waals surface area contributed by atoms with Crippen molar-refractivity contribution in [1.82, 2.24) is 15.2 Å². The van der Waals surface area contributed by atoms with E-state index in [0.29, 0.717) is 67.3 Å². The minimum atomic E-state index is -1.26. The number of nitrogen functional groups attached to an aromatic ring is 2. The molecule has 1 aliphatic carbocycles. The molecule has 5 rings (SSSR count). The van der Waals surface area contributed by atoms with Crippen LogP contribution in [0.1, 0.15) is 49.8 Å². The summed E-state index contributed by atoms with van der Waals surface area (Å²) >= 11 is 6.11. The number of aliphatic hydroxyl groups is 1. The number of aliphatic carboxylic acids is 2. The molecule has 16 heteroatoms. The first-order valence-electron chi connectivity index (χ1n) is 16.7. The van der Waals surface area contributed by atoms with Gasteiger partial charge >= 0.3 is 11.9 Å². The van der Waals surface area contributed by atoms with E-state index in [9.17, 15) is 24.3 Å². The third kappa shape index (κ3) is 9.60. The second-order valence-corrected chi connectivity index (χ2v) is 13.0. The predicted octanol–water partition coefficient (Wildman–Crippen LogP) is 3.06. The molecule has 2 aliphatic heterocycles. The van der Waals surface area contributed by atoms with Crippen LogP contribution in [0, 0.1) is 11.8 Å². The number of anilines is 2. The van der Waals surface area contributed by atoms with E-state index in [1.54, 1.807) is 43.2 Å². The van der Waals surface area contributed by atoms with Gasteiger partial charge < -0.3 is 46.5 Å². The Kier molecular flexibility index (Phi) is 13.6. The summed E-state index contributed by atoms with van der Waals surface area (Å²) in [5.74, 6) is -1.48. The number of rotatable bonds is 11. The fraction of sp³-hybridized carbons (Fsp3) is 0.417. The van der Waals surface area contributed by atoms with Crippen LogP contribution in [-0.2, 0) is 19.2 Å². The highest BCUT2D eigenvalue weighted by Gasteiger charge is 2.43. The van der Waals surface area contributed by atoms with Gasteiger partial charge in [0.1, 0.15) is 0 Å². The number of likely N-dealkylation sites (tertiary alicyclic amines) is 1. The van der Waals surface area contributed by atoms with Crippen molar-refractivity contribution in [3.8, 4) is 11.5 Å². The second-order valence-electron chi connectivity index (χ2n) is 12.6. The van der Waals surface area contributed by atoms with Crippen molar-refractivity contribution in [3.05, 3.63) is 70.8 Å². The van der Waals surface area contributed by atoms with Gasteiger partial charge in [-0.25, -0.2) is 14.6 Å². The van der Waals surface area contributed by atoms with Gasteiger partial charge in [-0.1, -0.05) is 23.8 Å². The smallest absolute Gasteiger partial charge is 0.328 e. The molecule has 2 aromatic rings. The maximum Gasteiger partial charge on any atom is 0.328 e. The molecule has 1 fully saturated rings. The largest absolute Gasteiger partial charge is 0.493 e. The third-order valence-electron chi connectivity index (χ3n) is 9.27. The maximum absolute atomic E-state index is 13.7. The normalized spacial score (nSPS) is 19.9. The first-order chi connectivity index (χ1) is 24.7. The summed E-state index contributed by atoms with van der Waals surface area (Å²) in [6.07, 6.45) is 7.06. The SMILES string of the molecule is COc1ccc(C2=NN(C3CCN(C(=O)[C@H](C)NCC(O)c4cc(N)c(N)c(Cl)c4)CC3)C(=O)[C@@H]3CC=CC[C@H]23)cc1OC.O=C(O)C=CC(=O)O. The number of carboxylic acids is 2. The van der Waals surface area contributed by atoms with Gasteiger partial charge in [-0.3, -0.25) is 9.59 Å². The molecule has 280 valence electrons. The summed E-state index contributed by atoms with van der Waals surface area (Å²) in [4.78, 5) is 47.9. The molecular formula is C36H45ClN6O9. The van der Waals surface area contributed by atoms with Crippen LogP contribution in [0.4, 0.5) is 11.4 Å². The number of benzene rings is 2. The molecule has 3 aliphatic rings. The number of nitrogens with two attached hydrogens (primary N) is 2. The zero-order valence-corrected chi connectivity index (χ0v) is 30.0. The quantitative estimate of drug-likeness (QED) is 0.111. The van der Waals surface area contributed by atoms with Crippen LogP contribution in [0.2, 0.25) is 5.02 Å². The molecule has 8 N–H and O–H groups in total. The number of fused-ring (bicyclic) bond motifs is 1. The lowest BCUT2D eigenvalue weighted by atomic mass is 9.76. The van der Waals surface area contributed by atoms with E-state index in [0.717, 1.165) is 17.7 Å². The van der Waals surface area contributed by atoms with Crippen LogP contribution in [-0.4, -0.2) is 101 Å². The molecule has 15 nitrogen and oxygen atoms in total. The van der Waals surface area contributed by atoms with E-state index in [-0.39, 0.29) is 46.9 Å². The minimum absolute atomic E-state index is 0.00787. The van der Waals surface area contributed by atoms with Gasteiger partial charge in [-0.05, 0) is 68.5 Å². The molecule has 4 atom stereocenters. The second kappa shape index (κ2) is 17.9. The van der Waals surface area contributed by atoms with Gasteiger partial charge in [0.05, 0.1) is 60.4 Å². The lowest BCUT2D eigenvalue weighted by molar-refractivity contribution is -0.142. The van der Waals surface area contributed by atoms with Crippen LogP contribution in [0.15, 0.2) is 59.7 Å². The zero-order valence-electron chi connectivity index (χ0n) is 29.2. The molecule has 0 radical (unpaired) electrons. The summed E-state index contributed by atoms with van der Waals surface area (Å²) in [7, 11) is 3.20. The summed E-state index contributed by atoms with van der Waals surface area (Å²) in [5, 5.41) is 36.3. The average Bonchev–Trinajstić information content (AvgIpc) is 3.14. The highest BCUT2D eigenvalue weighted by Crippen LogP contribution is 2.38. The number of ether oxygens (including phenoxy) is 2. The molecule has 0 spiro atoms. The number of carbonyl (C=O) groups excluding carboxylic acids is 2. The summed E-state index contributed by atoms with van der Waals surface area (Å²) < 4.78 is 11.0. The Morgan fingerprint density at radius 3 is 2.19 bits per heavy atom. The number of amides is 2. The van der Waals surface area contributed by atoms with Crippen molar-refractivity contribution in [2.75, 3.05) is 45.3 Å². The molecule has 2 heterocycles. The Hall–Kier alpha value is -5.12. The molecule has 1 saturated heterocycles. The number of nitrogens with one attached hydrogen (secondary N) is 1. The number of hydrogen-bond acceptors (Lipinski definition) is 11. The molecule has 52 heavy (non-hydrogen) atoms. The van der Waals surface area contributed by atoms with Gasteiger partial charge in [0, 0.05) is 43.3 Å². The van der Waals surface area contributed by atoms with E-state index in [4.69, 9.17) is 47.9 Å². The number of carboxylic acid groups (broad SMARTS) is 2. The summed E-state index contributed by atoms with van der Waals surface area (Å²) in [6.45, 7) is 2.91.